The lowest BCUT2D eigenvalue weighted by Gasteiger charge is -1.90. The number of nitrogens with zero attached hydrogens (tertiary/aromatic N) is 3. The van der Waals surface area contributed by atoms with Gasteiger partial charge in [0.05, 0.1) is 6.20 Å². The first-order chi connectivity index (χ1) is 4.86. The first-order valence-electron chi connectivity index (χ1n) is 2.81. The Bertz CT molecular complexity index is 355. The molecule has 0 amide bonds. The lowest BCUT2D eigenvalue weighted by Crippen LogP contribution is -1.87. The molecule has 0 bridgehead atoms. The predicted molar refractivity (Wildman–Crippen MR) is 40.7 cm³/mol. The first kappa shape index (κ1) is 5.85. The van der Waals surface area contributed by atoms with Crippen molar-refractivity contribution in [2.75, 3.05) is 0 Å². The predicted octanol–water partition coefficient (Wildman–Crippen LogP) is 1.49. The normalized spacial score (nSPS) is 10.5. The quantitative estimate of drug-likeness (QED) is 0.641. The molecule has 0 N–H and O–H groups in total. The van der Waals surface area contributed by atoms with Crippen LogP contribution in [0.3, 0.4) is 0 Å². The number of imidazole rings is 1. The molecule has 10 heavy (non-hydrogen) atoms. The maximum Gasteiger partial charge on any atom is 0.154 e. The zero-order valence-corrected chi connectivity index (χ0v) is 6.62. The van der Waals surface area contributed by atoms with Crippen molar-refractivity contribution in [3.05, 3.63) is 29.1 Å². The molecule has 4 heteroatoms. The van der Waals surface area contributed by atoms with Gasteiger partial charge in [0.2, 0.25) is 0 Å². The van der Waals surface area contributed by atoms with Gasteiger partial charge in [0.1, 0.15) is 0 Å². The van der Waals surface area contributed by atoms with E-state index in [9.17, 15) is 0 Å². The van der Waals surface area contributed by atoms with Gasteiger partial charge in [0, 0.05) is 16.9 Å². The van der Waals surface area contributed by atoms with Crippen LogP contribution in [0.5, 0.6) is 0 Å². The molecule has 0 spiro atoms. The van der Waals surface area contributed by atoms with Gasteiger partial charge < -0.3 is 0 Å². The Kier molecular flexibility index (Phi) is 1.20. The van der Waals surface area contributed by atoms with Crippen molar-refractivity contribution in [2.24, 2.45) is 0 Å². The average Bonchev–Trinajstić information content (AvgIpc) is 2.33. The molecule has 0 saturated heterocycles. The molecule has 2 aromatic rings. The molecule has 0 aliphatic rings. The first-order valence-corrected chi connectivity index (χ1v) is 3.60. The topological polar surface area (TPSA) is 30.2 Å². The Morgan fingerprint density at radius 1 is 1.50 bits per heavy atom. The number of fused-ring (bicyclic) bond motifs is 1. The molecule has 50 valence electrons. The van der Waals surface area contributed by atoms with Gasteiger partial charge in [-0.1, -0.05) is 0 Å². The second-order valence-corrected chi connectivity index (χ2v) is 2.82. The molecule has 0 aromatic carbocycles. The van der Waals surface area contributed by atoms with Crippen molar-refractivity contribution in [1.82, 2.24) is 14.6 Å². The zero-order valence-electron chi connectivity index (χ0n) is 5.03. The summed E-state index contributed by atoms with van der Waals surface area (Å²) in [5, 5.41) is 4.05. The van der Waals surface area contributed by atoms with Crippen LogP contribution in [0.2, 0.25) is 0 Å². The standard InChI is InChI=1S/C6H4BrN3/c7-5-3-6-8-1-2-10(6)9-4-5/h1-4H. The van der Waals surface area contributed by atoms with Crippen LogP contribution in [-0.4, -0.2) is 14.6 Å². The minimum atomic E-state index is 0.856. The monoisotopic (exact) mass is 197 g/mol. The summed E-state index contributed by atoms with van der Waals surface area (Å²) >= 11 is 3.30. The summed E-state index contributed by atoms with van der Waals surface area (Å²) in [7, 11) is 0. The zero-order chi connectivity index (χ0) is 6.97. The van der Waals surface area contributed by atoms with Gasteiger partial charge in [-0.3, -0.25) is 0 Å². The van der Waals surface area contributed by atoms with Gasteiger partial charge in [0.15, 0.2) is 5.65 Å². The molecular formula is C6H4BrN3. The van der Waals surface area contributed by atoms with Crippen molar-refractivity contribution < 1.29 is 0 Å². The third-order valence-corrected chi connectivity index (χ3v) is 1.66. The van der Waals surface area contributed by atoms with Crippen LogP contribution >= 0.6 is 15.9 Å². The molecule has 0 unspecified atom stereocenters. The maximum absolute atomic E-state index is 4.05. The van der Waals surface area contributed by atoms with Crippen LogP contribution in [0.25, 0.3) is 5.65 Å². The van der Waals surface area contributed by atoms with E-state index in [0.29, 0.717) is 0 Å². The highest BCUT2D eigenvalue weighted by atomic mass is 79.9. The van der Waals surface area contributed by atoms with E-state index < -0.39 is 0 Å². The van der Waals surface area contributed by atoms with Gasteiger partial charge in [0.25, 0.3) is 0 Å². The van der Waals surface area contributed by atoms with Crippen molar-refractivity contribution in [1.29, 1.82) is 0 Å². The third-order valence-electron chi connectivity index (χ3n) is 1.22. The molecule has 2 rings (SSSR count). The third kappa shape index (κ3) is 0.806. The lowest BCUT2D eigenvalue weighted by molar-refractivity contribution is 0.931. The summed E-state index contributed by atoms with van der Waals surface area (Å²) in [5.74, 6) is 0. The summed E-state index contributed by atoms with van der Waals surface area (Å²) in [4.78, 5) is 4.05. The molecule has 0 aliphatic heterocycles. The number of rotatable bonds is 0. The van der Waals surface area contributed by atoms with Crippen molar-refractivity contribution in [3.63, 3.8) is 0 Å². The molecule has 0 atom stereocenters. The minimum absolute atomic E-state index is 0.856. The molecule has 0 saturated carbocycles. The van der Waals surface area contributed by atoms with Gasteiger partial charge >= 0.3 is 0 Å². The molecular weight excluding hydrogens is 194 g/mol. The van der Waals surface area contributed by atoms with Gasteiger partial charge in [-0.2, -0.15) is 5.10 Å². The Morgan fingerprint density at radius 2 is 2.40 bits per heavy atom. The highest BCUT2D eigenvalue weighted by molar-refractivity contribution is 9.10. The molecule has 0 radical (unpaired) electrons. The summed E-state index contributed by atoms with van der Waals surface area (Å²) in [6.45, 7) is 0. The lowest BCUT2D eigenvalue weighted by atomic mass is 10.6. The van der Waals surface area contributed by atoms with Crippen LogP contribution in [0, 0.1) is 0 Å². The van der Waals surface area contributed by atoms with Crippen LogP contribution < -0.4 is 0 Å². The Hall–Kier alpha value is -0.900. The molecule has 0 fully saturated rings. The fourth-order valence-corrected chi connectivity index (χ4v) is 1.08. The molecule has 2 aromatic heterocycles. The largest absolute Gasteiger partial charge is 0.235 e. The maximum atomic E-state index is 4.05. The Labute approximate surface area is 65.8 Å². The van der Waals surface area contributed by atoms with E-state index >= 15 is 0 Å². The Balaban J connectivity index is 2.86. The van der Waals surface area contributed by atoms with E-state index in [1.807, 2.05) is 12.3 Å². The van der Waals surface area contributed by atoms with Crippen LogP contribution in [0.4, 0.5) is 0 Å². The van der Waals surface area contributed by atoms with Gasteiger partial charge in [-0.05, 0) is 22.0 Å². The smallest absolute Gasteiger partial charge is 0.154 e. The fraction of sp³-hybridized carbons (Fsp3) is 0. The molecule has 2 heterocycles. The summed E-state index contributed by atoms with van der Waals surface area (Å²) in [6.07, 6.45) is 5.26. The number of hydrogen-bond acceptors (Lipinski definition) is 2. The van der Waals surface area contributed by atoms with E-state index in [1.54, 1.807) is 16.9 Å². The van der Waals surface area contributed by atoms with E-state index in [4.69, 9.17) is 0 Å². The Morgan fingerprint density at radius 3 is 3.30 bits per heavy atom. The molecule has 3 nitrogen and oxygen atoms in total. The number of aromatic nitrogens is 3. The minimum Gasteiger partial charge on any atom is -0.235 e. The SMILES string of the molecule is Brc1cnn2ccnc2c1. The highest BCUT2D eigenvalue weighted by Gasteiger charge is 1.92. The summed E-state index contributed by atoms with van der Waals surface area (Å²) in [6, 6.07) is 1.91. The fourth-order valence-electron chi connectivity index (χ4n) is 0.787. The number of hydrogen-bond donors (Lipinski definition) is 0. The molecule has 0 aliphatic carbocycles. The summed E-state index contributed by atoms with van der Waals surface area (Å²) < 4.78 is 2.66. The van der Waals surface area contributed by atoms with E-state index in [0.717, 1.165) is 10.1 Å². The van der Waals surface area contributed by atoms with Gasteiger partial charge in [-0.25, -0.2) is 9.50 Å². The van der Waals surface area contributed by atoms with E-state index in [1.165, 1.54) is 0 Å². The van der Waals surface area contributed by atoms with E-state index in [2.05, 4.69) is 26.0 Å². The van der Waals surface area contributed by atoms with Crippen molar-refractivity contribution in [3.8, 4) is 0 Å². The van der Waals surface area contributed by atoms with Crippen LogP contribution in [0.1, 0.15) is 0 Å². The van der Waals surface area contributed by atoms with Crippen LogP contribution in [-0.2, 0) is 0 Å². The number of halogens is 1. The second kappa shape index (κ2) is 2.05. The summed E-state index contributed by atoms with van der Waals surface area (Å²) in [5.41, 5.74) is 0.856. The highest BCUT2D eigenvalue weighted by Crippen LogP contribution is 2.08. The van der Waals surface area contributed by atoms with Crippen molar-refractivity contribution >= 4 is 21.6 Å². The van der Waals surface area contributed by atoms with Gasteiger partial charge in [-0.15, -0.1) is 0 Å². The second-order valence-electron chi connectivity index (χ2n) is 1.90. The average molecular weight is 198 g/mol. The van der Waals surface area contributed by atoms with Crippen LogP contribution in [0.15, 0.2) is 29.1 Å². The van der Waals surface area contributed by atoms with Crippen molar-refractivity contribution in [2.45, 2.75) is 0 Å². The van der Waals surface area contributed by atoms with E-state index in [-0.39, 0.29) is 0 Å².